The zero-order valence-corrected chi connectivity index (χ0v) is 13.4. The van der Waals surface area contributed by atoms with Crippen molar-refractivity contribution < 1.29 is 13.9 Å². The molecular weight excluding hydrogens is 286 g/mol. The number of halogens is 2. The predicted molar refractivity (Wildman–Crippen MR) is 83.6 cm³/mol. The molecule has 0 amide bonds. The van der Waals surface area contributed by atoms with Crippen molar-refractivity contribution >= 4 is 0 Å². The van der Waals surface area contributed by atoms with E-state index in [1.54, 1.807) is 6.92 Å². The summed E-state index contributed by atoms with van der Waals surface area (Å²) in [5.74, 6) is -0.114. The first-order chi connectivity index (χ1) is 10.5. The fourth-order valence-corrected chi connectivity index (χ4v) is 2.88. The quantitative estimate of drug-likeness (QED) is 0.848. The second-order valence-corrected chi connectivity index (χ2v) is 6.43. The van der Waals surface area contributed by atoms with Crippen molar-refractivity contribution in [3.05, 3.63) is 35.4 Å². The van der Waals surface area contributed by atoms with Crippen LogP contribution >= 0.6 is 0 Å². The first-order valence-electron chi connectivity index (χ1n) is 8.04. The average Bonchev–Trinajstić information content (AvgIpc) is 2.49. The maximum atomic E-state index is 13.7. The fraction of sp³-hybridized carbons (Fsp3) is 0.647. The lowest BCUT2D eigenvalue weighted by Crippen LogP contribution is -2.42. The van der Waals surface area contributed by atoms with E-state index in [2.05, 4.69) is 17.1 Å². The maximum absolute atomic E-state index is 13.7. The Kier molecular flexibility index (Phi) is 6.29. The summed E-state index contributed by atoms with van der Waals surface area (Å²) < 4.78 is 26.9. The van der Waals surface area contributed by atoms with Crippen molar-refractivity contribution in [2.45, 2.75) is 38.8 Å². The highest BCUT2D eigenvalue weighted by Crippen LogP contribution is 2.18. The van der Waals surface area contributed by atoms with Gasteiger partial charge in [-0.3, -0.25) is 0 Å². The second-order valence-electron chi connectivity index (χ2n) is 6.43. The van der Waals surface area contributed by atoms with Crippen LogP contribution in [-0.2, 0) is 0 Å². The standard InChI is InChI=1S/C17H26F2N2O/c1-12-5-7-21(8-6-12)11-15(22)10-20-13(2)16-9-14(18)3-4-17(16)19/h3-4,9,12-13,15,20,22H,5-8,10-11H2,1-2H3. The molecule has 1 aliphatic heterocycles. The number of nitrogens with zero attached hydrogens (tertiary/aromatic N) is 1. The molecule has 2 N–H and O–H groups in total. The number of nitrogens with one attached hydrogen (secondary N) is 1. The Balaban J connectivity index is 1.78. The summed E-state index contributed by atoms with van der Waals surface area (Å²) in [5, 5.41) is 13.2. The third kappa shape index (κ3) is 5.00. The van der Waals surface area contributed by atoms with Crippen LogP contribution in [0.2, 0.25) is 0 Å². The Bertz CT molecular complexity index is 476. The van der Waals surface area contributed by atoms with E-state index in [9.17, 15) is 13.9 Å². The zero-order chi connectivity index (χ0) is 16.1. The van der Waals surface area contributed by atoms with Crippen LogP contribution in [0.25, 0.3) is 0 Å². The summed E-state index contributed by atoms with van der Waals surface area (Å²) in [4.78, 5) is 2.26. The van der Waals surface area contributed by atoms with Gasteiger partial charge in [-0.15, -0.1) is 0 Å². The number of hydrogen-bond acceptors (Lipinski definition) is 3. The van der Waals surface area contributed by atoms with Crippen molar-refractivity contribution in [1.82, 2.24) is 10.2 Å². The van der Waals surface area contributed by atoms with Gasteiger partial charge in [0.25, 0.3) is 0 Å². The Labute approximate surface area is 131 Å². The molecule has 124 valence electrons. The lowest BCUT2D eigenvalue weighted by molar-refractivity contribution is 0.0891. The second kappa shape index (κ2) is 7.99. The molecule has 0 spiro atoms. The number of hydrogen-bond donors (Lipinski definition) is 2. The molecule has 0 aromatic heterocycles. The largest absolute Gasteiger partial charge is 0.390 e. The number of piperidine rings is 1. The Morgan fingerprint density at radius 2 is 2.00 bits per heavy atom. The van der Waals surface area contributed by atoms with Crippen LogP contribution in [0.4, 0.5) is 8.78 Å². The number of rotatable bonds is 6. The Hall–Kier alpha value is -1.04. The molecule has 0 aliphatic carbocycles. The van der Waals surface area contributed by atoms with Crippen LogP contribution in [0.3, 0.4) is 0 Å². The fourth-order valence-electron chi connectivity index (χ4n) is 2.88. The van der Waals surface area contributed by atoms with Gasteiger partial charge in [-0.25, -0.2) is 8.78 Å². The minimum absolute atomic E-state index is 0.291. The van der Waals surface area contributed by atoms with Gasteiger partial charge < -0.3 is 15.3 Å². The molecule has 1 aliphatic rings. The van der Waals surface area contributed by atoms with Gasteiger partial charge in [0.15, 0.2) is 0 Å². The molecule has 5 heteroatoms. The summed E-state index contributed by atoms with van der Waals surface area (Å²) in [6.45, 7) is 7.05. The van der Waals surface area contributed by atoms with E-state index in [0.717, 1.165) is 31.1 Å². The van der Waals surface area contributed by atoms with Crippen molar-refractivity contribution in [3.63, 3.8) is 0 Å². The molecular formula is C17H26F2N2O. The van der Waals surface area contributed by atoms with E-state index in [1.165, 1.54) is 18.9 Å². The summed E-state index contributed by atoms with van der Waals surface area (Å²) in [6, 6.07) is 3.10. The minimum Gasteiger partial charge on any atom is -0.390 e. The molecule has 0 saturated carbocycles. The van der Waals surface area contributed by atoms with Gasteiger partial charge in [-0.1, -0.05) is 6.92 Å². The van der Waals surface area contributed by atoms with E-state index in [1.807, 2.05) is 0 Å². The maximum Gasteiger partial charge on any atom is 0.128 e. The van der Waals surface area contributed by atoms with Crippen LogP contribution in [0.15, 0.2) is 18.2 Å². The van der Waals surface area contributed by atoms with Gasteiger partial charge in [0.1, 0.15) is 11.6 Å². The molecule has 22 heavy (non-hydrogen) atoms. The lowest BCUT2D eigenvalue weighted by Gasteiger charge is -2.32. The Morgan fingerprint density at radius 3 is 2.68 bits per heavy atom. The SMILES string of the molecule is CC1CCN(CC(O)CNC(C)c2cc(F)ccc2F)CC1. The molecule has 1 aromatic rings. The zero-order valence-electron chi connectivity index (χ0n) is 13.4. The van der Waals surface area contributed by atoms with E-state index in [-0.39, 0.29) is 6.04 Å². The average molecular weight is 312 g/mol. The summed E-state index contributed by atoms with van der Waals surface area (Å²) >= 11 is 0. The molecule has 0 bridgehead atoms. The molecule has 1 saturated heterocycles. The van der Waals surface area contributed by atoms with Gasteiger partial charge in [-0.05, 0) is 57.0 Å². The number of benzene rings is 1. The highest BCUT2D eigenvalue weighted by molar-refractivity contribution is 5.21. The summed E-state index contributed by atoms with van der Waals surface area (Å²) in [5.41, 5.74) is 0.291. The number of aliphatic hydroxyl groups excluding tert-OH is 1. The molecule has 2 atom stereocenters. The van der Waals surface area contributed by atoms with E-state index in [0.29, 0.717) is 18.7 Å². The van der Waals surface area contributed by atoms with Crippen molar-refractivity contribution in [2.24, 2.45) is 5.92 Å². The number of likely N-dealkylation sites (tertiary alicyclic amines) is 1. The van der Waals surface area contributed by atoms with E-state index < -0.39 is 17.7 Å². The number of aliphatic hydroxyl groups is 1. The van der Waals surface area contributed by atoms with E-state index in [4.69, 9.17) is 0 Å². The normalized spacial score (nSPS) is 20.0. The van der Waals surface area contributed by atoms with Crippen LogP contribution in [0.1, 0.15) is 38.3 Å². The molecule has 1 aromatic carbocycles. The van der Waals surface area contributed by atoms with Crippen molar-refractivity contribution in [2.75, 3.05) is 26.2 Å². The third-order valence-electron chi connectivity index (χ3n) is 4.43. The first-order valence-corrected chi connectivity index (χ1v) is 8.04. The van der Waals surface area contributed by atoms with Crippen LogP contribution < -0.4 is 5.32 Å². The van der Waals surface area contributed by atoms with Gasteiger partial charge in [-0.2, -0.15) is 0 Å². The number of β-amino-alcohol motifs (C(OH)–C–C–N with tert-alkyl or cyclic N) is 1. The van der Waals surface area contributed by atoms with Gasteiger partial charge >= 0.3 is 0 Å². The van der Waals surface area contributed by atoms with Gasteiger partial charge in [0.2, 0.25) is 0 Å². The topological polar surface area (TPSA) is 35.5 Å². The first kappa shape index (κ1) is 17.3. The van der Waals surface area contributed by atoms with Gasteiger partial charge in [0.05, 0.1) is 6.10 Å². The van der Waals surface area contributed by atoms with Crippen LogP contribution in [-0.4, -0.2) is 42.3 Å². The predicted octanol–water partition coefficient (Wildman–Crippen LogP) is 2.71. The smallest absolute Gasteiger partial charge is 0.128 e. The van der Waals surface area contributed by atoms with Crippen molar-refractivity contribution in [1.29, 1.82) is 0 Å². The molecule has 3 nitrogen and oxygen atoms in total. The molecule has 1 fully saturated rings. The van der Waals surface area contributed by atoms with Gasteiger partial charge in [0, 0.05) is 24.7 Å². The molecule has 2 unspecified atom stereocenters. The molecule has 2 rings (SSSR count). The Morgan fingerprint density at radius 1 is 1.32 bits per heavy atom. The molecule has 0 radical (unpaired) electrons. The van der Waals surface area contributed by atoms with Crippen molar-refractivity contribution in [3.8, 4) is 0 Å². The summed E-state index contributed by atoms with van der Waals surface area (Å²) in [6.07, 6.45) is 1.84. The van der Waals surface area contributed by atoms with Crippen LogP contribution in [0.5, 0.6) is 0 Å². The monoisotopic (exact) mass is 312 g/mol. The minimum atomic E-state index is -0.507. The highest BCUT2D eigenvalue weighted by Gasteiger charge is 2.19. The molecule has 1 heterocycles. The third-order valence-corrected chi connectivity index (χ3v) is 4.43. The lowest BCUT2D eigenvalue weighted by atomic mass is 9.99. The van der Waals surface area contributed by atoms with Crippen LogP contribution in [0, 0.1) is 17.6 Å². The summed E-state index contributed by atoms with van der Waals surface area (Å²) in [7, 11) is 0. The van der Waals surface area contributed by atoms with E-state index >= 15 is 0 Å². The highest BCUT2D eigenvalue weighted by atomic mass is 19.1.